The van der Waals surface area contributed by atoms with Crippen LogP contribution >= 0.6 is 11.3 Å². The summed E-state index contributed by atoms with van der Waals surface area (Å²) in [6, 6.07) is 19.5. The van der Waals surface area contributed by atoms with Gasteiger partial charge in [-0.05, 0) is 23.8 Å². The van der Waals surface area contributed by atoms with Gasteiger partial charge in [0.25, 0.3) is 5.91 Å². The Kier molecular flexibility index (Phi) is 5.12. The van der Waals surface area contributed by atoms with Gasteiger partial charge in [0, 0.05) is 0 Å². The summed E-state index contributed by atoms with van der Waals surface area (Å²) in [5, 5.41) is 16.6. The number of benzene rings is 2. The molecule has 0 unspecified atom stereocenters. The molecule has 0 saturated heterocycles. The molecule has 0 aliphatic rings. The van der Waals surface area contributed by atoms with Gasteiger partial charge in [-0.1, -0.05) is 53.8 Å². The third kappa shape index (κ3) is 4.19. The maximum Gasteiger partial charge on any atom is 0.433 e. The Bertz CT molecular complexity index is 1170. The summed E-state index contributed by atoms with van der Waals surface area (Å²) in [5.74, 6) is -0.517. The third-order valence-electron chi connectivity index (χ3n) is 3.99. The maximum absolute atomic E-state index is 13.0. The first-order chi connectivity index (χ1) is 14.1. The molecular formula is C20H14N4O4S. The number of thiazole rings is 1. The molecule has 0 aliphatic carbocycles. The van der Waals surface area contributed by atoms with E-state index >= 15 is 0 Å². The average Bonchev–Trinajstić information content (AvgIpc) is 3.36. The monoisotopic (exact) mass is 406 g/mol. The molecule has 2 aromatic heterocycles. The number of hydrogen-bond donors (Lipinski definition) is 0. The van der Waals surface area contributed by atoms with Gasteiger partial charge < -0.3 is 4.42 Å². The second-order valence-corrected chi connectivity index (χ2v) is 7.02. The lowest BCUT2D eigenvalue weighted by Crippen LogP contribution is -2.27. The van der Waals surface area contributed by atoms with Gasteiger partial charge in [0.15, 0.2) is 5.76 Å². The van der Waals surface area contributed by atoms with Crippen LogP contribution in [0.3, 0.4) is 0 Å². The molecule has 2 heterocycles. The smallest absolute Gasteiger partial charge is 0.400 e. The number of nitrogens with zero attached hydrogens (tertiary/aromatic N) is 4. The standard InChI is InChI=1S/C20H14N4O4S/c25-18(12-14-6-2-1-3-7-14)23(20-22-16-8-4-5-9-17(16)29-20)21-13-15-10-11-19(28-15)24(26)27/h1-11,13H,12H2/b21-13-. The molecule has 9 heteroatoms. The number of hydrazone groups is 1. The van der Waals surface area contributed by atoms with E-state index in [-0.39, 0.29) is 18.1 Å². The summed E-state index contributed by atoms with van der Waals surface area (Å²) >= 11 is 1.33. The van der Waals surface area contributed by atoms with Gasteiger partial charge >= 0.3 is 5.88 Å². The van der Waals surface area contributed by atoms with E-state index < -0.39 is 10.8 Å². The molecule has 0 N–H and O–H groups in total. The van der Waals surface area contributed by atoms with E-state index in [0.717, 1.165) is 15.8 Å². The number of carbonyl (C=O) groups is 1. The quantitative estimate of drug-likeness (QED) is 0.268. The predicted octanol–water partition coefficient (Wildman–Crippen LogP) is 4.41. The topological polar surface area (TPSA) is 102 Å². The zero-order valence-electron chi connectivity index (χ0n) is 15.0. The van der Waals surface area contributed by atoms with Crippen LogP contribution in [0.1, 0.15) is 11.3 Å². The van der Waals surface area contributed by atoms with Gasteiger partial charge in [0.05, 0.1) is 28.9 Å². The average molecular weight is 406 g/mol. The molecule has 0 bridgehead atoms. The zero-order chi connectivity index (χ0) is 20.2. The van der Waals surface area contributed by atoms with Crippen molar-refractivity contribution in [2.75, 3.05) is 5.01 Å². The van der Waals surface area contributed by atoms with E-state index in [2.05, 4.69) is 10.1 Å². The molecule has 0 atom stereocenters. The van der Waals surface area contributed by atoms with Crippen LogP contribution in [-0.2, 0) is 11.2 Å². The van der Waals surface area contributed by atoms with Crippen molar-refractivity contribution in [1.82, 2.24) is 4.98 Å². The highest BCUT2D eigenvalue weighted by atomic mass is 32.1. The minimum absolute atomic E-state index is 0.131. The first-order valence-electron chi connectivity index (χ1n) is 8.61. The van der Waals surface area contributed by atoms with E-state index in [1.807, 2.05) is 54.6 Å². The fourth-order valence-corrected chi connectivity index (χ4v) is 3.58. The van der Waals surface area contributed by atoms with E-state index in [9.17, 15) is 14.9 Å². The lowest BCUT2D eigenvalue weighted by atomic mass is 10.1. The normalized spacial score (nSPS) is 11.2. The van der Waals surface area contributed by atoms with Crippen LogP contribution in [0.25, 0.3) is 10.2 Å². The lowest BCUT2D eigenvalue weighted by Gasteiger charge is -2.13. The number of anilines is 1. The second-order valence-electron chi connectivity index (χ2n) is 6.01. The first-order valence-corrected chi connectivity index (χ1v) is 9.42. The maximum atomic E-state index is 13.0. The predicted molar refractivity (Wildman–Crippen MR) is 110 cm³/mol. The molecule has 0 spiro atoms. The molecule has 0 radical (unpaired) electrons. The number of para-hydroxylation sites is 1. The van der Waals surface area contributed by atoms with Crippen LogP contribution < -0.4 is 5.01 Å². The van der Waals surface area contributed by atoms with Gasteiger partial charge in [0.2, 0.25) is 5.13 Å². The summed E-state index contributed by atoms with van der Waals surface area (Å²) in [6.07, 6.45) is 1.40. The number of aromatic nitrogens is 1. The first kappa shape index (κ1) is 18.5. The number of rotatable bonds is 6. The van der Waals surface area contributed by atoms with Crippen LogP contribution in [0.4, 0.5) is 11.0 Å². The Labute approximate surface area is 168 Å². The minimum Gasteiger partial charge on any atom is -0.400 e. The summed E-state index contributed by atoms with van der Waals surface area (Å²) in [4.78, 5) is 27.6. The molecule has 0 aliphatic heterocycles. The number of nitro groups is 1. The van der Waals surface area contributed by atoms with Gasteiger partial charge in [-0.2, -0.15) is 10.1 Å². The van der Waals surface area contributed by atoms with Crippen molar-refractivity contribution in [1.29, 1.82) is 0 Å². The summed E-state index contributed by atoms with van der Waals surface area (Å²) in [6.45, 7) is 0. The molecular weight excluding hydrogens is 392 g/mol. The highest BCUT2D eigenvalue weighted by Gasteiger charge is 2.20. The van der Waals surface area contributed by atoms with Crippen LogP contribution in [0.15, 0.2) is 76.2 Å². The van der Waals surface area contributed by atoms with Crippen molar-refractivity contribution in [3.63, 3.8) is 0 Å². The van der Waals surface area contributed by atoms with Crippen molar-refractivity contribution in [2.24, 2.45) is 5.10 Å². The third-order valence-corrected chi connectivity index (χ3v) is 5.00. The molecule has 0 saturated carbocycles. The van der Waals surface area contributed by atoms with Crippen LogP contribution in [0, 0.1) is 10.1 Å². The van der Waals surface area contributed by atoms with Crippen molar-refractivity contribution >= 4 is 44.7 Å². The molecule has 144 valence electrons. The molecule has 29 heavy (non-hydrogen) atoms. The van der Waals surface area contributed by atoms with Crippen LogP contribution in [0.2, 0.25) is 0 Å². The highest BCUT2D eigenvalue weighted by Crippen LogP contribution is 2.29. The molecule has 1 amide bonds. The number of carbonyl (C=O) groups excluding carboxylic acids is 1. The van der Waals surface area contributed by atoms with Crippen molar-refractivity contribution < 1.29 is 14.1 Å². The fraction of sp³-hybridized carbons (Fsp3) is 0.0500. The fourth-order valence-electron chi connectivity index (χ4n) is 2.64. The van der Waals surface area contributed by atoms with Crippen molar-refractivity contribution in [2.45, 2.75) is 6.42 Å². The van der Waals surface area contributed by atoms with Gasteiger partial charge in [-0.3, -0.25) is 14.9 Å². The van der Waals surface area contributed by atoms with E-state index in [0.29, 0.717) is 5.13 Å². The SMILES string of the molecule is O=C(Cc1ccccc1)N(/N=C\c1ccc([N+](=O)[O-])o1)c1nc2ccccc2s1. The molecule has 4 aromatic rings. The van der Waals surface area contributed by atoms with Crippen LogP contribution in [-0.4, -0.2) is 22.0 Å². The van der Waals surface area contributed by atoms with E-state index in [4.69, 9.17) is 4.42 Å². The highest BCUT2D eigenvalue weighted by molar-refractivity contribution is 7.22. The number of furan rings is 1. The number of hydrogen-bond acceptors (Lipinski definition) is 7. The Balaban J connectivity index is 1.66. The number of fused-ring (bicyclic) bond motifs is 1. The number of amides is 1. The molecule has 0 fully saturated rings. The Hall–Kier alpha value is -3.85. The lowest BCUT2D eigenvalue weighted by molar-refractivity contribution is -0.402. The molecule has 2 aromatic carbocycles. The zero-order valence-corrected chi connectivity index (χ0v) is 15.8. The van der Waals surface area contributed by atoms with Crippen LogP contribution in [0.5, 0.6) is 0 Å². The summed E-state index contributed by atoms with van der Waals surface area (Å²) < 4.78 is 6.01. The van der Waals surface area contributed by atoms with Crippen molar-refractivity contribution in [3.05, 3.63) is 88.2 Å². The Morgan fingerprint density at radius 1 is 1.14 bits per heavy atom. The van der Waals surface area contributed by atoms with Gasteiger partial charge in [-0.25, -0.2) is 4.98 Å². The van der Waals surface area contributed by atoms with E-state index in [1.165, 1.54) is 34.7 Å². The van der Waals surface area contributed by atoms with Crippen molar-refractivity contribution in [3.8, 4) is 0 Å². The van der Waals surface area contributed by atoms with Gasteiger partial charge in [0.1, 0.15) is 4.92 Å². The second kappa shape index (κ2) is 8.03. The van der Waals surface area contributed by atoms with E-state index in [1.54, 1.807) is 0 Å². The Morgan fingerprint density at radius 2 is 1.90 bits per heavy atom. The molecule has 8 nitrogen and oxygen atoms in total. The molecule has 4 rings (SSSR count). The summed E-state index contributed by atoms with van der Waals surface area (Å²) in [7, 11) is 0. The summed E-state index contributed by atoms with van der Waals surface area (Å²) in [5.41, 5.74) is 1.60. The largest absolute Gasteiger partial charge is 0.433 e. The minimum atomic E-state index is -0.636. The van der Waals surface area contributed by atoms with Gasteiger partial charge in [-0.15, -0.1) is 0 Å². The Morgan fingerprint density at radius 3 is 2.62 bits per heavy atom.